The number of rotatable bonds is 14. The third-order valence-electron chi connectivity index (χ3n) is 14.7. The quantitative estimate of drug-likeness (QED) is 0.0691. The van der Waals surface area contributed by atoms with Gasteiger partial charge in [0.15, 0.2) is 0 Å². The summed E-state index contributed by atoms with van der Waals surface area (Å²) >= 11 is 0. The normalized spacial score (nSPS) is 24.4. The third kappa shape index (κ3) is 18.7. The van der Waals surface area contributed by atoms with Crippen molar-refractivity contribution in [2.75, 3.05) is 52.1 Å². The molecular formula is C50H85N3O15S. The zero-order valence-electron chi connectivity index (χ0n) is 43.6. The summed E-state index contributed by atoms with van der Waals surface area (Å²) in [5, 5.41) is 0. The fourth-order valence-corrected chi connectivity index (χ4v) is 10.7. The number of esters is 3. The molecule has 0 spiro atoms. The number of piperidine rings is 3. The maximum absolute atomic E-state index is 13.1. The van der Waals surface area contributed by atoms with Crippen LogP contribution in [-0.2, 0) is 57.1 Å². The molecule has 69 heavy (non-hydrogen) atoms. The first-order chi connectivity index (χ1) is 32.2. The molecule has 7 aliphatic rings. The number of nitrogens with zero attached hydrogens (tertiary/aromatic N) is 3. The van der Waals surface area contributed by atoms with Crippen LogP contribution in [0.25, 0.3) is 0 Å². The van der Waals surface area contributed by atoms with Crippen LogP contribution in [0.2, 0.25) is 0 Å². The first-order valence-corrected chi connectivity index (χ1v) is 27.4. The van der Waals surface area contributed by atoms with Crippen molar-refractivity contribution in [3.63, 3.8) is 0 Å². The van der Waals surface area contributed by atoms with E-state index in [2.05, 4.69) is 0 Å². The lowest BCUT2D eigenvalue weighted by Crippen LogP contribution is -2.52. The highest BCUT2D eigenvalue weighted by molar-refractivity contribution is 7.86. The van der Waals surface area contributed by atoms with Gasteiger partial charge in [-0.05, 0) is 137 Å². The van der Waals surface area contributed by atoms with Gasteiger partial charge in [0.1, 0.15) is 35.4 Å². The lowest BCUT2D eigenvalue weighted by Gasteiger charge is -2.55. The highest BCUT2D eigenvalue weighted by atomic mass is 32.2. The van der Waals surface area contributed by atoms with Crippen molar-refractivity contribution < 1.29 is 69.8 Å². The van der Waals surface area contributed by atoms with E-state index in [0.717, 1.165) is 75.4 Å². The van der Waals surface area contributed by atoms with Crippen LogP contribution in [0.3, 0.4) is 0 Å². The molecule has 0 radical (unpaired) electrons. The van der Waals surface area contributed by atoms with Crippen molar-refractivity contribution in [3.8, 4) is 0 Å². The lowest BCUT2D eigenvalue weighted by atomic mass is 9.49. The molecule has 7 fully saturated rings. The first kappa shape index (κ1) is 57.7. The van der Waals surface area contributed by atoms with Crippen LogP contribution in [0, 0.1) is 23.2 Å². The molecule has 0 aromatic heterocycles. The number of likely N-dealkylation sites (tertiary alicyclic amines) is 3. The second-order valence-corrected chi connectivity index (χ2v) is 23.5. The Morgan fingerprint density at radius 3 is 1.17 bits per heavy atom. The topological polar surface area (TPSA) is 211 Å². The predicted octanol–water partition coefficient (Wildman–Crippen LogP) is 8.56. The van der Waals surface area contributed by atoms with E-state index in [9.17, 15) is 37.2 Å². The lowest BCUT2D eigenvalue weighted by molar-refractivity contribution is -0.178. The zero-order valence-corrected chi connectivity index (χ0v) is 44.4. The maximum atomic E-state index is 13.1. The molecule has 4 bridgehead atoms. The second kappa shape index (κ2) is 25.0. The summed E-state index contributed by atoms with van der Waals surface area (Å²) in [6.45, 7) is 22.3. The SMILES string of the molecule is CCC(C)(C)OC(=O)N1CCC(OC(=O)C23CC4CC(CC(C4)C2)C3)CC1.CCC(C)(C)OC(=O)N1CCC(OS(C)(=O)=O)CC1.CCOC(=O)CC(=O)OC1CCN(C(=O)OC(C)(C)CC)CC1. The van der Waals surface area contributed by atoms with E-state index < -0.39 is 38.9 Å². The average Bonchev–Trinajstić information content (AvgIpc) is 3.26. The number of ether oxygens (including phenoxy) is 6. The van der Waals surface area contributed by atoms with Crippen molar-refractivity contribution in [3.05, 3.63) is 0 Å². The molecule has 4 saturated carbocycles. The number of carbonyl (C=O) groups excluding carboxylic acids is 6. The number of hydrogen-bond donors (Lipinski definition) is 0. The Morgan fingerprint density at radius 1 is 0.522 bits per heavy atom. The molecule has 0 unspecified atom stereocenters. The van der Waals surface area contributed by atoms with Crippen LogP contribution in [-0.4, -0.2) is 147 Å². The van der Waals surface area contributed by atoms with Gasteiger partial charge in [-0.3, -0.25) is 18.6 Å². The number of carbonyl (C=O) groups is 6. The molecular weight excluding hydrogens is 915 g/mol. The number of hydrogen-bond acceptors (Lipinski definition) is 15. The van der Waals surface area contributed by atoms with E-state index in [1.807, 2.05) is 62.3 Å². The molecule has 18 nitrogen and oxygen atoms in total. The summed E-state index contributed by atoms with van der Waals surface area (Å²) in [4.78, 5) is 77.2. The summed E-state index contributed by atoms with van der Waals surface area (Å²) in [5.74, 6) is 1.15. The molecule has 3 saturated heterocycles. The molecule has 0 N–H and O–H groups in total. The fourth-order valence-electron chi connectivity index (χ4n) is 10.0. The van der Waals surface area contributed by atoms with Gasteiger partial charge in [-0.1, -0.05) is 20.8 Å². The largest absolute Gasteiger partial charge is 0.466 e. The van der Waals surface area contributed by atoms with E-state index in [4.69, 9.17) is 32.6 Å². The summed E-state index contributed by atoms with van der Waals surface area (Å²) in [6.07, 6.45) is 12.0. The van der Waals surface area contributed by atoms with Crippen molar-refractivity contribution in [1.82, 2.24) is 14.7 Å². The highest BCUT2D eigenvalue weighted by Crippen LogP contribution is 2.60. The Kier molecular flexibility index (Phi) is 20.9. The summed E-state index contributed by atoms with van der Waals surface area (Å²) < 4.78 is 59.3. The molecule has 4 aliphatic carbocycles. The van der Waals surface area contributed by atoms with Gasteiger partial charge in [0, 0.05) is 65.0 Å². The van der Waals surface area contributed by atoms with Crippen LogP contribution in [0.5, 0.6) is 0 Å². The van der Waals surface area contributed by atoms with Gasteiger partial charge < -0.3 is 43.1 Å². The van der Waals surface area contributed by atoms with Crippen LogP contribution in [0.1, 0.15) is 172 Å². The van der Waals surface area contributed by atoms with Gasteiger partial charge in [-0.15, -0.1) is 0 Å². The molecule has 3 aliphatic heterocycles. The van der Waals surface area contributed by atoms with Crippen LogP contribution >= 0.6 is 0 Å². The third-order valence-corrected chi connectivity index (χ3v) is 15.3. The fraction of sp³-hybridized carbons (Fsp3) is 0.880. The molecule has 3 heterocycles. The van der Waals surface area contributed by atoms with E-state index in [0.29, 0.717) is 65.0 Å². The van der Waals surface area contributed by atoms with E-state index >= 15 is 0 Å². The molecule has 0 aromatic carbocycles. The van der Waals surface area contributed by atoms with Crippen molar-refractivity contribution in [1.29, 1.82) is 0 Å². The smallest absolute Gasteiger partial charge is 0.410 e. The maximum Gasteiger partial charge on any atom is 0.410 e. The standard InChI is InChI=1S/C22H35NO4.C16H27NO6.C12H23NO5S/c1-4-21(2,3)27-20(25)23-7-5-18(6-8-23)26-19(24)22-12-15-9-16(13-22)11-17(10-15)14-22;1-5-16(3,4)23-15(20)17-9-7-12(8-10-17)22-14(19)11-13(18)21-6-2;1-5-12(2,3)17-11(14)13-8-6-10(7-9-13)18-19(4,15)16/h15-18H,4-14H2,1-3H3;12H,5-11H2,1-4H3;10H,5-9H2,1-4H3. The van der Waals surface area contributed by atoms with Gasteiger partial charge in [0.05, 0.1) is 24.4 Å². The average molecular weight is 1000 g/mol. The summed E-state index contributed by atoms with van der Waals surface area (Å²) in [5.41, 5.74) is -1.58. The number of amides is 3. The van der Waals surface area contributed by atoms with Crippen molar-refractivity contribution >= 4 is 46.3 Å². The molecule has 7 rings (SSSR count). The van der Waals surface area contributed by atoms with Crippen LogP contribution in [0.4, 0.5) is 14.4 Å². The predicted molar refractivity (Wildman–Crippen MR) is 256 cm³/mol. The molecule has 19 heteroatoms. The highest BCUT2D eigenvalue weighted by Gasteiger charge is 2.56. The van der Waals surface area contributed by atoms with Crippen molar-refractivity contribution in [2.45, 2.75) is 207 Å². The second-order valence-electron chi connectivity index (χ2n) is 21.9. The van der Waals surface area contributed by atoms with Crippen LogP contribution < -0.4 is 0 Å². The molecule has 0 aromatic rings. The molecule has 3 amide bonds. The summed E-state index contributed by atoms with van der Waals surface area (Å²) in [7, 11) is -3.43. The van der Waals surface area contributed by atoms with Gasteiger partial charge in [0.2, 0.25) is 0 Å². The van der Waals surface area contributed by atoms with Crippen LogP contribution in [0.15, 0.2) is 0 Å². The minimum atomic E-state index is -3.43. The Hall–Kier alpha value is -3.87. The van der Waals surface area contributed by atoms with Crippen molar-refractivity contribution in [2.24, 2.45) is 23.2 Å². The van der Waals surface area contributed by atoms with Gasteiger partial charge in [-0.2, -0.15) is 8.42 Å². The van der Waals surface area contributed by atoms with Gasteiger partial charge in [-0.25, -0.2) is 14.4 Å². The van der Waals surface area contributed by atoms with Gasteiger partial charge >= 0.3 is 36.2 Å². The Labute approximate surface area is 411 Å². The molecule has 396 valence electrons. The van der Waals surface area contributed by atoms with E-state index in [-0.39, 0.29) is 61.0 Å². The minimum Gasteiger partial charge on any atom is -0.466 e. The summed E-state index contributed by atoms with van der Waals surface area (Å²) in [6, 6.07) is 0. The zero-order chi connectivity index (χ0) is 51.4. The molecule has 0 atom stereocenters. The monoisotopic (exact) mass is 1000 g/mol. The Morgan fingerprint density at radius 2 is 0.855 bits per heavy atom. The van der Waals surface area contributed by atoms with E-state index in [1.165, 1.54) is 19.3 Å². The Balaban J connectivity index is 0.000000230. The van der Waals surface area contributed by atoms with Gasteiger partial charge in [0.25, 0.3) is 10.1 Å². The Bertz CT molecular complexity index is 1810. The minimum absolute atomic E-state index is 0.0475. The first-order valence-electron chi connectivity index (χ1n) is 25.6. The van der Waals surface area contributed by atoms with E-state index in [1.54, 1.807) is 21.6 Å².